The molecule has 0 atom stereocenters. The summed E-state index contributed by atoms with van der Waals surface area (Å²) in [5.41, 5.74) is 7.96. The number of hydrogen-bond acceptors (Lipinski definition) is 1. The lowest BCUT2D eigenvalue weighted by molar-refractivity contribution is -0.00828. The quantitative estimate of drug-likeness (QED) is 0.822. The van der Waals surface area contributed by atoms with E-state index in [-0.39, 0.29) is 5.41 Å². The minimum atomic E-state index is 0.0962. The summed E-state index contributed by atoms with van der Waals surface area (Å²) in [6.45, 7) is 0.691. The van der Waals surface area contributed by atoms with Gasteiger partial charge in [-0.3, -0.25) is 0 Å². The Bertz CT molecular complexity index is 470. The van der Waals surface area contributed by atoms with E-state index in [1.807, 2.05) is 12.1 Å². The number of hydrogen-bond donors (Lipinski definition) is 1. The van der Waals surface area contributed by atoms with Gasteiger partial charge in [0.1, 0.15) is 0 Å². The molecule has 19 heavy (non-hydrogen) atoms. The second-order valence-corrected chi connectivity index (χ2v) is 7.37. The Morgan fingerprint density at radius 2 is 1.74 bits per heavy atom. The highest BCUT2D eigenvalue weighted by Crippen LogP contribution is 2.62. The summed E-state index contributed by atoms with van der Waals surface area (Å²) in [4.78, 5) is 0. The molecular weight excluding hydrogens is 277 g/mol. The van der Waals surface area contributed by atoms with E-state index in [0.717, 1.165) is 5.02 Å². The van der Waals surface area contributed by atoms with Crippen LogP contribution < -0.4 is 5.73 Å². The molecule has 0 radical (unpaired) electrons. The number of rotatable bonds is 2. The van der Waals surface area contributed by atoms with Crippen molar-refractivity contribution >= 4 is 23.2 Å². The summed E-state index contributed by atoms with van der Waals surface area (Å²) in [5, 5.41) is 1.48. The predicted molar refractivity (Wildman–Crippen MR) is 81.9 cm³/mol. The average molecular weight is 298 g/mol. The molecule has 0 aromatic heterocycles. The molecule has 0 heterocycles. The maximum atomic E-state index is 6.39. The second-order valence-electron chi connectivity index (χ2n) is 6.52. The standard InChI is InChI=1S/C16H21Cl2N/c17-12-4-5-13(14(18)8-12)16(11-19)9-15(10-16)6-2-1-3-7-15/h4-5,8H,1-3,6-7,9-11,19H2. The Hall–Kier alpha value is -0.240. The molecule has 3 heteroatoms. The summed E-state index contributed by atoms with van der Waals surface area (Å²) in [6.07, 6.45) is 9.33. The van der Waals surface area contributed by atoms with Gasteiger partial charge in [-0.05, 0) is 48.8 Å². The fraction of sp³-hybridized carbons (Fsp3) is 0.625. The minimum Gasteiger partial charge on any atom is -0.330 e. The number of halogens is 2. The molecule has 2 aliphatic rings. The van der Waals surface area contributed by atoms with Gasteiger partial charge in [0.15, 0.2) is 0 Å². The molecule has 2 saturated carbocycles. The molecule has 0 unspecified atom stereocenters. The molecule has 0 amide bonds. The van der Waals surface area contributed by atoms with E-state index < -0.39 is 0 Å². The minimum absolute atomic E-state index is 0.0962. The van der Waals surface area contributed by atoms with Crippen molar-refractivity contribution in [1.29, 1.82) is 0 Å². The van der Waals surface area contributed by atoms with E-state index in [0.29, 0.717) is 17.0 Å². The van der Waals surface area contributed by atoms with E-state index in [1.165, 1.54) is 50.5 Å². The van der Waals surface area contributed by atoms with Gasteiger partial charge in [0, 0.05) is 22.0 Å². The molecule has 0 saturated heterocycles. The van der Waals surface area contributed by atoms with Crippen LogP contribution in [0.25, 0.3) is 0 Å². The van der Waals surface area contributed by atoms with Gasteiger partial charge in [-0.2, -0.15) is 0 Å². The molecule has 2 aliphatic carbocycles. The Labute approximate surface area is 125 Å². The van der Waals surface area contributed by atoms with Crippen LogP contribution in [0, 0.1) is 5.41 Å². The van der Waals surface area contributed by atoms with Crippen LogP contribution in [-0.2, 0) is 5.41 Å². The lowest BCUT2D eigenvalue weighted by Gasteiger charge is -2.58. The topological polar surface area (TPSA) is 26.0 Å². The molecule has 1 aromatic carbocycles. The van der Waals surface area contributed by atoms with Crippen molar-refractivity contribution in [2.45, 2.75) is 50.4 Å². The van der Waals surface area contributed by atoms with Crippen LogP contribution in [0.4, 0.5) is 0 Å². The largest absolute Gasteiger partial charge is 0.330 e. The first-order valence-electron chi connectivity index (χ1n) is 7.25. The van der Waals surface area contributed by atoms with E-state index in [4.69, 9.17) is 28.9 Å². The van der Waals surface area contributed by atoms with E-state index in [2.05, 4.69) is 6.07 Å². The van der Waals surface area contributed by atoms with Crippen molar-refractivity contribution in [3.8, 4) is 0 Å². The molecular formula is C16H21Cl2N. The highest BCUT2D eigenvalue weighted by molar-refractivity contribution is 6.35. The fourth-order valence-corrected chi connectivity index (χ4v) is 5.01. The van der Waals surface area contributed by atoms with Crippen LogP contribution in [-0.4, -0.2) is 6.54 Å². The Balaban J connectivity index is 1.86. The number of nitrogens with two attached hydrogens (primary N) is 1. The Morgan fingerprint density at radius 3 is 2.32 bits per heavy atom. The molecule has 1 spiro atoms. The van der Waals surface area contributed by atoms with Crippen LogP contribution in [0.2, 0.25) is 10.0 Å². The Morgan fingerprint density at radius 1 is 1.05 bits per heavy atom. The molecule has 2 N–H and O–H groups in total. The van der Waals surface area contributed by atoms with Crippen LogP contribution >= 0.6 is 23.2 Å². The van der Waals surface area contributed by atoms with Gasteiger partial charge < -0.3 is 5.73 Å². The first kappa shape index (κ1) is 13.7. The van der Waals surface area contributed by atoms with Crippen molar-refractivity contribution in [2.75, 3.05) is 6.54 Å². The zero-order chi connectivity index (χ0) is 13.5. The monoisotopic (exact) mass is 297 g/mol. The zero-order valence-electron chi connectivity index (χ0n) is 11.2. The SMILES string of the molecule is NCC1(c2ccc(Cl)cc2Cl)CC2(CCCCC2)C1. The van der Waals surface area contributed by atoms with Gasteiger partial charge in [-0.25, -0.2) is 0 Å². The van der Waals surface area contributed by atoms with E-state index in [9.17, 15) is 0 Å². The summed E-state index contributed by atoms with van der Waals surface area (Å²) in [6, 6.07) is 5.86. The van der Waals surface area contributed by atoms with Crippen LogP contribution in [0.1, 0.15) is 50.5 Å². The van der Waals surface area contributed by atoms with Gasteiger partial charge in [-0.15, -0.1) is 0 Å². The van der Waals surface area contributed by atoms with E-state index in [1.54, 1.807) is 0 Å². The molecule has 1 aromatic rings. The average Bonchev–Trinajstić information content (AvgIpc) is 2.37. The molecule has 1 nitrogen and oxygen atoms in total. The normalized spacial score (nSPS) is 24.2. The first-order chi connectivity index (χ1) is 9.09. The summed E-state index contributed by atoms with van der Waals surface area (Å²) >= 11 is 12.4. The van der Waals surface area contributed by atoms with Crippen molar-refractivity contribution in [3.63, 3.8) is 0 Å². The van der Waals surface area contributed by atoms with Crippen LogP contribution in [0.3, 0.4) is 0 Å². The summed E-state index contributed by atoms with van der Waals surface area (Å²) in [5.74, 6) is 0. The Kier molecular flexibility index (Phi) is 3.57. The molecule has 2 fully saturated rings. The molecule has 3 rings (SSSR count). The van der Waals surface area contributed by atoms with Gasteiger partial charge in [0.25, 0.3) is 0 Å². The summed E-state index contributed by atoms with van der Waals surface area (Å²) in [7, 11) is 0. The first-order valence-corrected chi connectivity index (χ1v) is 8.01. The van der Waals surface area contributed by atoms with Gasteiger partial charge in [0.05, 0.1) is 0 Å². The zero-order valence-corrected chi connectivity index (χ0v) is 12.7. The molecule has 0 bridgehead atoms. The maximum absolute atomic E-state index is 6.39. The van der Waals surface area contributed by atoms with Crippen molar-refractivity contribution < 1.29 is 0 Å². The van der Waals surface area contributed by atoms with Gasteiger partial charge in [-0.1, -0.05) is 48.5 Å². The highest BCUT2D eigenvalue weighted by Gasteiger charge is 2.54. The third kappa shape index (κ3) is 2.30. The second kappa shape index (κ2) is 4.95. The predicted octanol–water partition coefficient (Wildman–Crippen LogP) is 4.93. The fourth-order valence-electron chi connectivity index (χ4n) is 4.40. The van der Waals surface area contributed by atoms with Crippen LogP contribution in [0.15, 0.2) is 18.2 Å². The highest BCUT2D eigenvalue weighted by atomic mass is 35.5. The van der Waals surface area contributed by atoms with Crippen molar-refractivity contribution in [3.05, 3.63) is 33.8 Å². The third-order valence-electron chi connectivity index (χ3n) is 5.23. The van der Waals surface area contributed by atoms with Crippen LogP contribution in [0.5, 0.6) is 0 Å². The van der Waals surface area contributed by atoms with Gasteiger partial charge in [0.2, 0.25) is 0 Å². The molecule has 0 aliphatic heterocycles. The number of benzene rings is 1. The van der Waals surface area contributed by atoms with Gasteiger partial charge >= 0.3 is 0 Å². The van der Waals surface area contributed by atoms with E-state index >= 15 is 0 Å². The molecule has 104 valence electrons. The van der Waals surface area contributed by atoms with Crippen molar-refractivity contribution in [1.82, 2.24) is 0 Å². The smallest absolute Gasteiger partial charge is 0.0458 e. The lowest BCUT2D eigenvalue weighted by Crippen LogP contribution is -2.54. The lowest BCUT2D eigenvalue weighted by atomic mass is 9.46. The summed E-state index contributed by atoms with van der Waals surface area (Å²) < 4.78 is 0. The van der Waals surface area contributed by atoms with Crippen molar-refractivity contribution in [2.24, 2.45) is 11.1 Å². The maximum Gasteiger partial charge on any atom is 0.0458 e. The third-order valence-corrected chi connectivity index (χ3v) is 5.78.